The van der Waals surface area contributed by atoms with Gasteiger partial charge in [-0.2, -0.15) is 15.5 Å². The maximum atomic E-state index is 12.3. The van der Waals surface area contributed by atoms with Crippen LogP contribution in [0.5, 0.6) is 0 Å². The summed E-state index contributed by atoms with van der Waals surface area (Å²) in [7, 11) is 1.63. The number of H-pyrrole nitrogens is 1. The molecule has 0 fully saturated rings. The van der Waals surface area contributed by atoms with E-state index in [-0.39, 0.29) is 11.3 Å². The van der Waals surface area contributed by atoms with E-state index >= 15 is 0 Å². The number of carbonyl (C=O) groups excluding carboxylic acids is 1. The Morgan fingerprint density at radius 2 is 2.17 bits per heavy atom. The minimum atomic E-state index is -0.445. The van der Waals surface area contributed by atoms with Crippen LogP contribution in [0.3, 0.4) is 0 Å². The van der Waals surface area contributed by atoms with Crippen LogP contribution in [-0.4, -0.2) is 25.9 Å². The lowest BCUT2D eigenvalue weighted by Gasteiger charge is -2.04. The van der Waals surface area contributed by atoms with E-state index in [1.807, 2.05) is 6.07 Å². The quantitative estimate of drug-likeness (QED) is 0.748. The lowest BCUT2D eigenvalue weighted by molar-refractivity contribution is 0.102. The van der Waals surface area contributed by atoms with E-state index in [9.17, 15) is 4.79 Å². The Labute approximate surface area is 146 Å². The van der Waals surface area contributed by atoms with Crippen molar-refractivity contribution in [1.29, 1.82) is 5.26 Å². The molecule has 3 rings (SSSR count). The number of carbonyl (C=O) groups is 1. The van der Waals surface area contributed by atoms with Crippen LogP contribution in [0.25, 0.3) is 11.3 Å². The number of hydrogen-bond acceptors (Lipinski definition) is 4. The number of aryl methyl sites for hydroxylation is 1. The van der Waals surface area contributed by atoms with E-state index in [1.165, 1.54) is 10.9 Å². The van der Waals surface area contributed by atoms with E-state index in [2.05, 4.69) is 20.6 Å². The van der Waals surface area contributed by atoms with Crippen molar-refractivity contribution >= 4 is 34.9 Å². The zero-order valence-corrected chi connectivity index (χ0v) is 13.9. The maximum absolute atomic E-state index is 12.3. The fourth-order valence-corrected chi connectivity index (χ4v) is 2.62. The maximum Gasteiger partial charge on any atom is 0.274 e. The van der Waals surface area contributed by atoms with Crippen LogP contribution in [0.1, 0.15) is 16.1 Å². The number of nitrogens with zero attached hydrogens (tertiary/aromatic N) is 4. The van der Waals surface area contributed by atoms with Gasteiger partial charge in [0, 0.05) is 17.6 Å². The molecule has 0 spiro atoms. The molecule has 1 amide bonds. The summed E-state index contributed by atoms with van der Waals surface area (Å²) in [6, 6.07) is 8.53. The third-order valence-electron chi connectivity index (χ3n) is 3.32. The molecule has 1 aromatic carbocycles. The zero-order valence-electron chi connectivity index (χ0n) is 12.3. The minimum absolute atomic E-state index is 0.223. The molecule has 0 atom stereocenters. The lowest BCUT2D eigenvalue weighted by atomic mass is 10.1. The Morgan fingerprint density at radius 1 is 1.38 bits per heavy atom. The van der Waals surface area contributed by atoms with Crippen molar-refractivity contribution in [2.45, 2.75) is 0 Å². The van der Waals surface area contributed by atoms with Gasteiger partial charge < -0.3 is 5.32 Å². The van der Waals surface area contributed by atoms with Crippen LogP contribution < -0.4 is 5.32 Å². The van der Waals surface area contributed by atoms with Gasteiger partial charge in [-0.1, -0.05) is 23.2 Å². The highest BCUT2D eigenvalue weighted by Gasteiger charge is 2.16. The number of amides is 1. The van der Waals surface area contributed by atoms with Crippen molar-refractivity contribution in [2.75, 3.05) is 5.32 Å². The van der Waals surface area contributed by atoms with Crippen LogP contribution in [0.4, 0.5) is 5.82 Å². The highest BCUT2D eigenvalue weighted by Crippen LogP contribution is 2.29. The monoisotopic (exact) mass is 360 g/mol. The second kappa shape index (κ2) is 6.35. The first-order valence-electron chi connectivity index (χ1n) is 6.74. The van der Waals surface area contributed by atoms with Crippen molar-refractivity contribution < 1.29 is 4.79 Å². The van der Waals surface area contributed by atoms with Crippen molar-refractivity contribution in [3.63, 3.8) is 0 Å². The fourth-order valence-electron chi connectivity index (χ4n) is 2.12. The number of halogens is 2. The van der Waals surface area contributed by atoms with Gasteiger partial charge in [0.25, 0.3) is 5.91 Å². The number of aromatic amines is 1. The SMILES string of the molecule is Cn1ncc(C#N)c1NC(=O)c1cc(-c2ccc(Cl)cc2Cl)n[nH]1. The topological polar surface area (TPSA) is 99.4 Å². The molecular weight excluding hydrogens is 351 g/mol. The van der Waals surface area contributed by atoms with Crippen molar-refractivity contribution in [1.82, 2.24) is 20.0 Å². The third kappa shape index (κ3) is 2.97. The van der Waals surface area contributed by atoms with Crippen LogP contribution in [0, 0.1) is 11.3 Å². The Hall–Kier alpha value is -2.82. The molecule has 0 aliphatic carbocycles. The van der Waals surface area contributed by atoms with E-state index < -0.39 is 5.91 Å². The predicted molar refractivity (Wildman–Crippen MR) is 89.9 cm³/mol. The van der Waals surface area contributed by atoms with Gasteiger partial charge in [0.1, 0.15) is 23.1 Å². The molecule has 0 unspecified atom stereocenters. The zero-order chi connectivity index (χ0) is 17.3. The van der Waals surface area contributed by atoms with E-state index in [1.54, 1.807) is 31.3 Å². The first-order chi connectivity index (χ1) is 11.5. The van der Waals surface area contributed by atoms with Crippen LogP contribution >= 0.6 is 23.2 Å². The molecule has 0 aliphatic rings. The second-order valence-corrected chi connectivity index (χ2v) is 5.73. The van der Waals surface area contributed by atoms with Crippen LogP contribution in [0.2, 0.25) is 10.0 Å². The van der Waals surface area contributed by atoms with Gasteiger partial charge in [0.2, 0.25) is 0 Å². The van der Waals surface area contributed by atoms with Gasteiger partial charge in [-0.15, -0.1) is 0 Å². The molecule has 0 radical (unpaired) electrons. The summed E-state index contributed by atoms with van der Waals surface area (Å²) in [6.07, 6.45) is 1.38. The summed E-state index contributed by atoms with van der Waals surface area (Å²) in [4.78, 5) is 12.3. The molecule has 0 saturated heterocycles. The molecule has 2 heterocycles. The molecule has 7 nitrogen and oxygen atoms in total. The molecule has 2 aromatic heterocycles. The third-order valence-corrected chi connectivity index (χ3v) is 3.87. The number of rotatable bonds is 3. The van der Waals surface area contributed by atoms with Gasteiger partial charge >= 0.3 is 0 Å². The standard InChI is InChI=1S/C15H10Cl2N6O/c1-23-14(8(6-18)7-19-23)20-15(24)13-5-12(21-22-13)10-3-2-9(16)4-11(10)17/h2-5,7H,1H3,(H,20,24)(H,21,22). The largest absolute Gasteiger partial charge is 0.304 e. The average Bonchev–Trinajstić information content (AvgIpc) is 3.15. The molecule has 0 saturated carbocycles. The van der Waals surface area contributed by atoms with Gasteiger partial charge in [0.15, 0.2) is 0 Å². The van der Waals surface area contributed by atoms with Crippen molar-refractivity contribution in [3.05, 3.63) is 51.8 Å². The summed E-state index contributed by atoms with van der Waals surface area (Å²) < 4.78 is 1.41. The number of benzene rings is 1. The molecule has 24 heavy (non-hydrogen) atoms. The highest BCUT2D eigenvalue weighted by atomic mass is 35.5. The molecule has 0 aliphatic heterocycles. The normalized spacial score (nSPS) is 10.4. The summed E-state index contributed by atoms with van der Waals surface area (Å²) in [5, 5.41) is 23.3. The Bertz CT molecular complexity index is 969. The average molecular weight is 361 g/mol. The number of nitriles is 1. The Morgan fingerprint density at radius 3 is 2.88 bits per heavy atom. The van der Waals surface area contributed by atoms with E-state index in [0.29, 0.717) is 27.1 Å². The van der Waals surface area contributed by atoms with Gasteiger partial charge in [-0.05, 0) is 24.3 Å². The molecule has 2 N–H and O–H groups in total. The number of nitrogens with one attached hydrogen (secondary N) is 2. The summed E-state index contributed by atoms with van der Waals surface area (Å²) in [6.45, 7) is 0. The van der Waals surface area contributed by atoms with Gasteiger partial charge in [-0.25, -0.2) is 0 Å². The number of anilines is 1. The van der Waals surface area contributed by atoms with E-state index in [4.69, 9.17) is 28.5 Å². The highest BCUT2D eigenvalue weighted by molar-refractivity contribution is 6.36. The Kier molecular flexibility index (Phi) is 4.25. The van der Waals surface area contributed by atoms with Crippen molar-refractivity contribution in [2.24, 2.45) is 7.05 Å². The number of hydrogen-bond donors (Lipinski definition) is 2. The number of aromatic nitrogens is 4. The van der Waals surface area contributed by atoms with Gasteiger partial charge in [0.05, 0.1) is 16.9 Å². The molecule has 9 heteroatoms. The van der Waals surface area contributed by atoms with Gasteiger partial charge in [-0.3, -0.25) is 14.6 Å². The fraction of sp³-hybridized carbons (Fsp3) is 0.0667. The van der Waals surface area contributed by atoms with Crippen LogP contribution in [0.15, 0.2) is 30.5 Å². The molecule has 120 valence electrons. The second-order valence-electron chi connectivity index (χ2n) is 4.89. The predicted octanol–water partition coefficient (Wildman–Crippen LogP) is 3.24. The summed E-state index contributed by atoms with van der Waals surface area (Å²) >= 11 is 12.0. The minimum Gasteiger partial charge on any atom is -0.304 e. The first kappa shape index (κ1) is 16.1. The smallest absolute Gasteiger partial charge is 0.274 e. The first-order valence-corrected chi connectivity index (χ1v) is 7.49. The van der Waals surface area contributed by atoms with Crippen LogP contribution in [-0.2, 0) is 7.05 Å². The Balaban J connectivity index is 1.86. The molecular formula is C15H10Cl2N6O. The van der Waals surface area contributed by atoms with E-state index in [0.717, 1.165) is 0 Å². The summed E-state index contributed by atoms with van der Waals surface area (Å²) in [5.74, 6) is -0.137. The summed E-state index contributed by atoms with van der Waals surface area (Å²) in [5.41, 5.74) is 1.65. The lowest BCUT2D eigenvalue weighted by Crippen LogP contribution is -2.15. The molecule has 3 aromatic rings. The van der Waals surface area contributed by atoms with Crippen molar-refractivity contribution in [3.8, 4) is 17.3 Å². The molecule has 0 bridgehead atoms.